The zero-order chi connectivity index (χ0) is 22.5. The van der Waals surface area contributed by atoms with E-state index in [4.69, 9.17) is 4.74 Å². The van der Waals surface area contributed by atoms with Gasteiger partial charge in [-0.3, -0.25) is 9.59 Å². The summed E-state index contributed by atoms with van der Waals surface area (Å²) >= 11 is 1.41. The standard InChI is InChI=1S/C19H22N8O4S/c1-20-17(28)13(6-12-9-32-10-22-12)25-18(29)14-8-27-15(24-14)2-3-16(26-27)31-19(30)23-11-4-5-21-7-11/h2-3,8-11,13,21H,4-7H2,1H3,(H,20,28)(H,23,30)(H,25,29)/t11?,13-/m1/s1. The Balaban J connectivity index is 1.43. The third-order valence-electron chi connectivity index (χ3n) is 4.87. The minimum absolute atomic E-state index is 0.0207. The zero-order valence-corrected chi connectivity index (χ0v) is 18.0. The quantitative estimate of drug-likeness (QED) is 0.377. The topological polar surface area (TPSA) is 152 Å². The number of carbonyl (C=O) groups excluding carboxylic acids is 3. The van der Waals surface area contributed by atoms with Gasteiger partial charge >= 0.3 is 6.09 Å². The average molecular weight is 459 g/mol. The lowest BCUT2D eigenvalue weighted by molar-refractivity contribution is -0.122. The van der Waals surface area contributed by atoms with Crippen LogP contribution in [0.2, 0.25) is 0 Å². The van der Waals surface area contributed by atoms with Gasteiger partial charge in [0.25, 0.3) is 5.91 Å². The SMILES string of the molecule is CNC(=O)[C@@H](Cc1cscn1)NC(=O)c1cn2nc(OC(=O)NC3CCNC3)ccc2n1. The minimum Gasteiger partial charge on any atom is -0.390 e. The van der Waals surface area contributed by atoms with Gasteiger partial charge in [-0.2, -0.15) is 0 Å². The molecule has 2 atom stereocenters. The zero-order valence-electron chi connectivity index (χ0n) is 17.2. The smallest absolute Gasteiger partial charge is 0.390 e. The molecule has 13 heteroatoms. The lowest BCUT2D eigenvalue weighted by atomic mass is 10.1. The lowest BCUT2D eigenvalue weighted by Crippen LogP contribution is -2.47. The van der Waals surface area contributed by atoms with E-state index < -0.39 is 18.0 Å². The van der Waals surface area contributed by atoms with Crippen molar-refractivity contribution in [1.29, 1.82) is 0 Å². The molecule has 3 amide bonds. The summed E-state index contributed by atoms with van der Waals surface area (Å²) in [7, 11) is 1.50. The maximum atomic E-state index is 12.7. The maximum absolute atomic E-state index is 12.7. The molecule has 1 saturated heterocycles. The Bertz CT molecular complexity index is 1110. The van der Waals surface area contributed by atoms with Crippen LogP contribution in [-0.4, -0.2) is 69.7 Å². The van der Waals surface area contributed by atoms with Crippen LogP contribution in [0.1, 0.15) is 22.6 Å². The predicted octanol–water partition coefficient (Wildman–Crippen LogP) is -0.277. The Morgan fingerprint density at radius 3 is 2.97 bits per heavy atom. The van der Waals surface area contributed by atoms with Gasteiger partial charge in [-0.05, 0) is 19.0 Å². The molecule has 4 N–H and O–H groups in total. The fraction of sp³-hybridized carbons (Fsp3) is 0.368. The van der Waals surface area contributed by atoms with Gasteiger partial charge in [-0.25, -0.2) is 19.3 Å². The van der Waals surface area contributed by atoms with Gasteiger partial charge in [0.1, 0.15) is 11.7 Å². The third-order valence-corrected chi connectivity index (χ3v) is 5.51. The summed E-state index contributed by atoms with van der Waals surface area (Å²) in [5.74, 6) is -0.808. The second-order valence-electron chi connectivity index (χ2n) is 7.15. The normalized spacial score (nSPS) is 16.5. The Morgan fingerprint density at radius 2 is 2.25 bits per heavy atom. The number of hydrogen-bond donors (Lipinski definition) is 4. The van der Waals surface area contributed by atoms with Gasteiger partial charge in [0.05, 0.1) is 17.4 Å². The average Bonchev–Trinajstić information content (AvgIpc) is 3.54. The first kappa shape index (κ1) is 21.6. The molecule has 1 fully saturated rings. The van der Waals surface area contributed by atoms with E-state index in [-0.39, 0.29) is 29.9 Å². The Kier molecular flexibility index (Phi) is 6.56. The van der Waals surface area contributed by atoms with Crippen molar-refractivity contribution < 1.29 is 19.1 Å². The summed E-state index contributed by atoms with van der Waals surface area (Å²) < 4.78 is 6.56. The first-order valence-corrected chi connectivity index (χ1v) is 10.9. The monoisotopic (exact) mass is 458 g/mol. The minimum atomic E-state index is -0.806. The van der Waals surface area contributed by atoms with Crippen LogP contribution in [0, 0.1) is 0 Å². The summed E-state index contributed by atoms with van der Waals surface area (Å²) in [5.41, 5.74) is 2.83. The van der Waals surface area contributed by atoms with Gasteiger partial charge in [-0.1, -0.05) is 0 Å². The summed E-state index contributed by atoms with van der Waals surface area (Å²) in [6, 6.07) is 2.29. The highest BCUT2D eigenvalue weighted by molar-refractivity contribution is 7.07. The van der Waals surface area contributed by atoms with Crippen LogP contribution in [0.5, 0.6) is 5.88 Å². The Morgan fingerprint density at radius 1 is 1.38 bits per heavy atom. The van der Waals surface area contributed by atoms with Crippen molar-refractivity contribution in [2.75, 3.05) is 20.1 Å². The van der Waals surface area contributed by atoms with Gasteiger partial charge < -0.3 is 26.0 Å². The van der Waals surface area contributed by atoms with Gasteiger partial charge in [-0.15, -0.1) is 16.4 Å². The van der Waals surface area contributed by atoms with E-state index in [1.807, 2.05) is 5.38 Å². The number of hydrogen-bond acceptors (Lipinski definition) is 9. The highest BCUT2D eigenvalue weighted by atomic mass is 32.1. The Labute approximate surface area is 186 Å². The molecule has 0 saturated carbocycles. The molecule has 1 aliphatic heterocycles. The summed E-state index contributed by atoms with van der Waals surface area (Å²) in [6.07, 6.45) is 1.89. The number of likely N-dealkylation sites (N-methyl/N-ethyl adjacent to an activating group) is 1. The molecule has 4 rings (SSSR count). The maximum Gasteiger partial charge on any atom is 0.414 e. The van der Waals surface area contributed by atoms with Crippen molar-refractivity contribution in [2.45, 2.75) is 24.9 Å². The van der Waals surface area contributed by atoms with E-state index in [0.29, 0.717) is 17.9 Å². The molecule has 0 aliphatic carbocycles. The number of amides is 3. The molecular weight excluding hydrogens is 436 g/mol. The van der Waals surface area contributed by atoms with Crippen LogP contribution in [0.15, 0.2) is 29.2 Å². The number of nitrogens with zero attached hydrogens (tertiary/aromatic N) is 4. The predicted molar refractivity (Wildman–Crippen MR) is 115 cm³/mol. The van der Waals surface area contributed by atoms with E-state index in [9.17, 15) is 14.4 Å². The van der Waals surface area contributed by atoms with Crippen molar-refractivity contribution >= 4 is 34.9 Å². The van der Waals surface area contributed by atoms with Crippen LogP contribution in [0.3, 0.4) is 0 Å². The number of nitrogens with one attached hydrogen (secondary N) is 4. The second kappa shape index (κ2) is 9.70. The van der Waals surface area contributed by atoms with Crippen molar-refractivity contribution in [1.82, 2.24) is 40.8 Å². The molecular formula is C19H22N8O4S. The number of carbonyl (C=O) groups is 3. The second-order valence-corrected chi connectivity index (χ2v) is 7.87. The van der Waals surface area contributed by atoms with E-state index in [1.54, 1.807) is 11.6 Å². The number of fused-ring (bicyclic) bond motifs is 1. The number of thiazole rings is 1. The van der Waals surface area contributed by atoms with Crippen molar-refractivity contribution in [2.24, 2.45) is 0 Å². The molecule has 0 aromatic carbocycles. The summed E-state index contributed by atoms with van der Waals surface area (Å²) in [4.78, 5) is 45.3. The van der Waals surface area contributed by atoms with Crippen LogP contribution in [0.25, 0.3) is 5.65 Å². The van der Waals surface area contributed by atoms with Crippen molar-refractivity contribution in [3.05, 3.63) is 40.6 Å². The molecule has 1 unspecified atom stereocenters. The number of ether oxygens (including phenoxy) is 1. The van der Waals surface area contributed by atoms with Gasteiger partial charge in [0, 0.05) is 37.5 Å². The molecule has 12 nitrogen and oxygen atoms in total. The fourth-order valence-corrected chi connectivity index (χ4v) is 3.83. The highest BCUT2D eigenvalue weighted by Crippen LogP contribution is 2.11. The van der Waals surface area contributed by atoms with E-state index in [1.165, 1.54) is 35.2 Å². The fourth-order valence-electron chi connectivity index (χ4n) is 3.26. The molecule has 4 heterocycles. The molecule has 1 aliphatic rings. The molecule has 0 spiro atoms. The van der Waals surface area contributed by atoms with Crippen LogP contribution >= 0.6 is 11.3 Å². The van der Waals surface area contributed by atoms with E-state index in [0.717, 1.165) is 13.0 Å². The highest BCUT2D eigenvalue weighted by Gasteiger charge is 2.23. The van der Waals surface area contributed by atoms with E-state index in [2.05, 4.69) is 36.3 Å². The molecule has 3 aromatic rings. The summed E-state index contributed by atoms with van der Waals surface area (Å²) in [6.45, 7) is 1.54. The lowest BCUT2D eigenvalue weighted by Gasteiger charge is -2.15. The van der Waals surface area contributed by atoms with Gasteiger partial charge in [0.2, 0.25) is 11.8 Å². The van der Waals surface area contributed by atoms with Crippen LogP contribution < -0.4 is 26.0 Å². The molecule has 3 aromatic heterocycles. The number of rotatable bonds is 7. The first-order valence-electron chi connectivity index (χ1n) is 9.97. The van der Waals surface area contributed by atoms with Crippen molar-refractivity contribution in [3.63, 3.8) is 0 Å². The Hall–Kier alpha value is -3.58. The third kappa shape index (κ3) is 5.18. The molecule has 0 bridgehead atoms. The molecule has 168 valence electrons. The number of aromatic nitrogens is 4. The number of imidazole rings is 1. The molecule has 32 heavy (non-hydrogen) atoms. The largest absolute Gasteiger partial charge is 0.414 e. The van der Waals surface area contributed by atoms with Crippen LogP contribution in [0.4, 0.5) is 4.79 Å². The molecule has 0 radical (unpaired) electrons. The van der Waals surface area contributed by atoms with Crippen molar-refractivity contribution in [3.8, 4) is 5.88 Å². The van der Waals surface area contributed by atoms with Crippen LogP contribution in [-0.2, 0) is 11.2 Å². The summed E-state index contributed by atoms with van der Waals surface area (Å²) in [5, 5.41) is 17.1. The van der Waals surface area contributed by atoms with E-state index >= 15 is 0 Å². The first-order chi connectivity index (χ1) is 15.5. The van der Waals surface area contributed by atoms with Gasteiger partial charge in [0.15, 0.2) is 5.65 Å².